The summed E-state index contributed by atoms with van der Waals surface area (Å²) in [6.45, 7) is 9.95. The van der Waals surface area contributed by atoms with E-state index in [4.69, 9.17) is 0 Å². The van der Waals surface area contributed by atoms with Gasteiger partial charge in [0, 0.05) is 6.42 Å². The molecule has 21 heavy (non-hydrogen) atoms. The highest BCUT2D eigenvalue weighted by Gasteiger charge is 2.73. The fourth-order valence-electron chi connectivity index (χ4n) is 4.81. The summed E-state index contributed by atoms with van der Waals surface area (Å²) >= 11 is 0. The maximum atomic E-state index is 2.49. The van der Waals surface area contributed by atoms with Crippen molar-refractivity contribution in [2.75, 3.05) is 0 Å². The topological polar surface area (TPSA) is 0 Å². The molecule has 0 bridgehead atoms. The van der Waals surface area contributed by atoms with Gasteiger partial charge in [0.25, 0.3) is 0 Å². The lowest BCUT2D eigenvalue weighted by Gasteiger charge is -2.60. The summed E-state index contributed by atoms with van der Waals surface area (Å²) in [4.78, 5) is 0. The number of rotatable bonds is 3. The van der Waals surface area contributed by atoms with E-state index >= 15 is 0 Å². The van der Waals surface area contributed by atoms with Crippen molar-refractivity contribution < 1.29 is 0 Å². The molecule has 2 aromatic rings. The average molecular weight is 297 g/mol. The van der Waals surface area contributed by atoms with Gasteiger partial charge in [-0.3, -0.25) is 0 Å². The normalized spacial score (nSPS) is 21.5. The molecule has 3 rings (SSSR count). The second kappa shape index (κ2) is 4.96. The quantitative estimate of drug-likeness (QED) is 0.657. The van der Waals surface area contributed by atoms with Crippen LogP contribution in [0.4, 0.5) is 0 Å². The van der Waals surface area contributed by atoms with Gasteiger partial charge in [0.15, 0.2) is 0 Å². The van der Waals surface area contributed by atoms with Gasteiger partial charge in [-0.2, -0.15) is 0 Å². The van der Waals surface area contributed by atoms with E-state index < -0.39 is 7.26 Å². The molecule has 0 atom stereocenters. The summed E-state index contributed by atoms with van der Waals surface area (Å²) in [7, 11) is -1.25. The summed E-state index contributed by atoms with van der Waals surface area (Å²) < 4.78 is 0. The van der Waals surface area contributed by atoms with Crippen LogP contribution in [0.25, 0.3) is 0 Å². The number of benzene rings is 2. The highest BCUT2D eigenvalue weighted by atomic mass is 31.2. The summed E-state index contributed by atoms with van der Waals surface area (Å²) in [5, 5.41) is 2.48. The van der Waals surface area contributed by atoms with Gasteiger partial charge in [0.1, 0.15) is 0 Å². The summed E-state index contributed by atoms with van der Waals surface area (Å²) in [5.41, 5.74) is 1.50. The van der Waals surface area contributed by atoms with E-state index in [1.807, 2.05) is 0 Å². The molecule has 0 radical (unpaired) electrons. The second-order valence-electron chi connectivity index (χ2n) is 7.59. The molecule has 0 saturated carbocycles. The SMILES string of the molecule is CC1(C)CC(C)(C)[P+]1(Cc1ccccc1)c1ccccc1. The molecule has 1 aliphatic rings. The Balaban J connectivity index is 2.12. The van der Waals surface area contributed by atoms with Crippen LogP contribution in [0.5, 0.6) is 0 Å². The summed E-state index contributed by atoms with van der Waals surface area (Å²) in [5.74, 6) is 0. The van der Waals surface area contributed by atoms with E-state index in [9.17, 15) is 0 Å². The molecule has 0 amide bonds. The molecule has 0 aromatic heterocycles. The number of hydrogen-bond donors (Lipinski definition) is 0. The molecule has 0 unspecified atom stereocenters. The van der Waals surface area contributed by atoms with Crippen LogP contribution in [0, 0.1) is 0 Å². The standard InChI is InChI=1S/C20H26P/c1-19(2)16-20(3,4)21(19,18-13-9-6-10-14-18)15-17-11-7-5-8-12-17/h5-14H,15-16H2,1-4H3/q+1. The molecule has 1 saturated heterocycles. The Morgan fingerprint density at radius 1 is 0.762 bits per heavy atom. The van der Waals surface area contributed by atoms with Crippen LogP contribution in [0.15, 0.2) is 60.7 Å². The Kier molecular flexibility index (Phi) is 3.49. The molecule has 1 heteroatoms. The zero-order valence-electron chi connectivity index (χ0n) is 13.6. The van der Waals surface area contributed by atoms with Crippen molar-refractivity contribution in [3.8, 4) is 0 Å². The lowest BCUT2D eigenvalue weighted by Crippen LogP contribution is -2.56. The largest absolute Gasteiger partial charge is 0.0954 e. The molecular formula is C20H26P+. The van der Waals surface area contributed by atoms with Crippen molar-refractivity contribution in [1.29, 1.82) is 0 Å². The van der Waals surface area contributed by atoms with Crippen molar-refractivity contribution in [1.82, 2.24) is 0 Å². The molecule has 0 spiro atoms. The average Bonchev–Trinajstić information content (AvgIpc) is 2.45. The second-order valence-corrected chi connectivity index (χ2v) is 12.5. The molecule has 110 valence electrons. The molecule has 0 N–H and O–H groups in total. The van der Waals surface area contributed by atoms with Gasteiger partial charge in [-0.15, -0.1) is 0 Å². The van der Waals surface area contributed by atoms with Crippen molar-refractivity contribution in [3.63, 3.8) is 0 Å². The van der Waals surface area contributed by atoms with Crippen LogP contribution in [0.3, 0.4) is 0 Å². The van der Waals surface area contributed by atoms with E-state index in [1.165, 1.54) is 18.1 Å². The van der Waals surface area contributed by atoms with E-state index in [0.29, 0.717) is 10.3 Å². The molecule has 1 aliphatic heterocycles. The zero-order valence-corrected chi connectivity index (χ0v) is 14.5. The highest BCUT2D eigenvalue weighted by Crippen LogP contribution is 2.87. The van der Waals surface area contributed by atoms with Crippen molar-refractivity contribution in [2.45, 2.75) is 50.6 Å². The fourth-order valence-corrected chi connectivity index (χ4v) is 11.4. The third-order valence-corrected chi connectivity index (χ3v) is 11.9. The van der Waals surface area contributed by atoms with E-state index in [0.717, 1.165) is 0 Å². The molecule has 0 nitrogen and oxygen atoms in total. The van der Waals surface area contributed by atoms with Crippen LogP contribution in [-0.2, 0) is 6.16 Å². The molecule has 0 aliphatic carbocycles. The predicted molar refractivity (Wildman–Crippen MR) is 95.9 cm³/mol. The monoisotopic (exact) mass is 297 g/mol. The first-order chi connectivity index (χ1) is 9.89. The van der Waals surface area contributed by atoms with Gasteiger partial charge in [0.2, 0.25) is 0 Å². The smallest absolute Gasteiger partial charge is 0.0622 e. The van der Waals surface area contributed by atoms with E-state index in [-0.39, 0.29) is 0 Å². The van der Waals surface area contributed by atoms with Gasteiger partial charge in [-0.1, -0.05) is 48.5 Å². The van der Waals surface area contributed by atoms with Crippen LogP contribution < -0.4 is 5.30 Å². The van der Waals surface area contributed by atoms with Crippen LogP contribution >= 0.6 is 7.26 Å². The van der Waals surface area contributed by atoms with E-state index in [2.05, 4.69) is 88.4 Å². The zero-order chi connectivity index (χ0) is 15.1. The minimum atomic E-state index is -1.25. The Bertz CT molecular complexity index is 597. The Morgan fingerprint density at radius 3 is 1.71 bits per heavy atom. The molecule has 2 aromatic carbocycles. The molecule has 1 heterocycles. The summed E-state index contributed by atoms with van der Waals surface area (Å²) in [6, 6.07) is 22.4. The number of hydrogen-bond acceptors (Lipinski definition) is 0. The minimum Gasteiger partial charge on any atom is -0.0622 e. The third-order valence-electron chi connectivity index (χ3n) is 5.39. The van der Waals surface area contributed by atoms with Gasteiger partial charge in [0.05, 0.1) is 29.0 Å². The van der Waals surface area contributed by atoms with Crippen LogP contribution in [-0.4, -0.2) is 10.3 Å². The van der Waals surface area contributed by atoms with E-state index in [1.54, 1.807) is 5.30 Å². The first kappa shape index (κ1) is 14.8. The Hall–Kier alpha value is -1.13. The van der Waals surface area contributed by atoms with Crippen molar-refractivity contribution in [2.24, 2.45) is 0 Å². The minimum absolute atomic E-state index is 0.438. The predicted octanol–water partition coefficient (Wildman–Crippen LogP) is 5.49. The maximum Gasteiger partial charge on any atom is 0.0954 e. The van der Waals surface area contributed by atoms with Gasteiger partial charge < -0.3 is 0 Å². The van der Waals surface area contributed by atoms with Crippen LogP contribution in [0.2, 0.25) is 0 Å². The van der Waals surface area contributed by atoms with Gasteiger partial charge in [-0.05, 0) is 45.4 Å². The maximum absolute atomic E-state index is 2.49. The Labute approximate surface area is 129 Å². The molecule has 1 fully saturated rings. The van der Waals surface area contributed by atoms with Crippen molar-refractivity contribution in [3.05, 3.63) is 66.2 Å². The lowest BCUT2D eigenvalue weighted by atomic mass is 9.96. The van der Waals surface area contributed by atoms with Crippen LogP contribution in [0.1, 0.15) is 39.7 Å². The third kappa shape index (κ3) is 2.16. The Morgan fingerprint density at radius 2 is 1.24 bits per heavy atom. The summed E-state index contributed by atoms with van der Waals surface area (Å²) in [6.07, 6.45) is 2.56. The first-order valence-electron chi connectivity index (χ1n) is 7.87. The first-order valence-corrected chi connectivity index (χ1v) is 9.84. The lowest BCUT2D eigenvalue weighted by molar-refractivity contribution is 0.438. The van der Waals surface area contributed by atoms with Crippen molar-refractivity contribution >= 4 is 12.6 Å². The van der Waals surface area contributed by atoms with Gasteiger partial charge >= 0.3 is 0 Å². The van der Waals surface area contributed by atoms with Gasteiger partial charge in [-0.25, -0.2) is 0 Å². The molecular weight excluding hydrogens is 271 g/mol. The fraction of sp³-hybridized carbons (Fsp3) is 0.400. The highest BCUT2D eigenvalue weighted by molar-refractivity contribution is 7.86.